The summed E-state index contributed by atoms with van der Waals surface area (Å²) in [6, 6.07) is 10.6. The first kappa shape index (κ1) is 13.5. The highest BCUT2D eigenvalue weighted by molar-refractivity contribution is 5.91. The Morgan fingerprint density at radius 3 is 2.45 bits per heavy atom. The largest absolute Gasteiger partial charge is 0.478 e. The van der Waals surface area contributed by atoms with Crippen molar-refractivity contribution in [3.63, 3.8) is 0 Å². The van der Waals surface area contributed by atoms with E-state index in [4.69, 9.17) is 9.84 Å². The molecule has 0 aliphatic heterocycles. The number of para-hydroxylation sites is 2. The second-order valence-electron chi connectivity index (χ2n) is 4.08. The molecule has 0 saturated carbocycles. The molecule has 0 fully saturated rings. The van der Waals surface area contributed by atoms with Gasteiger partial charge < -0.3 is 9.84 Å². The minimum absolute atomic E-state index is 0.0173. The van der Waals surface area contributed by atoms with Crippen molar-refractivity contribution in [2.45, 2.75) is 6.92 Å². The smallest absolute Gasteiger partial charge is 0.339 e. The van der Waals surface area contributed by atoms with E-state index in [-0.39, 0.29) is 22.7 Å². The van der Waals surface area contributed by atoms with Crippen molar-refractivity contribution in [2.75, 3.05) is 0 Å². The van der Waals surface area contributed by atoms with E-state index in [9.17, 15) is 14.9 Å². The fourth-order valence-corrected chi connectivity index (χ4v) is 1.80. The number of nitro benzene ring substituents is 1. The molecule has 0 aromatic heterocycles. The van der Waals surface area contributed by atoms with E-state index < -0.39 is 10.9 Å². The fraction of sp³-hybridized carbons (Fsp3) is 0.0714. The first-order valence-electron chi connectivity index (χ1n) is 5.75. The van der Waals surface area contributed by atoms with Crippen LogP contribution < -0.4 is 4.74 Å². The van der Waals surface area contributed by atoms with Crippen molar-refractivity contribution in [3.05, 3.63) is 63.7 Å². The highest BCUT2D eigenvalue weighted by atomic mass is 16.6. The van der Waals surface area contributed by atoms with Gasteiger partial charge in [0.05, 0.1) is 4.92 Å². The molecule has 20 heavy (non-hydrogen) atoms. The number of carboxylic acids is 1. The van der Waals surface area contributed by atoms with Gasteiger partial charge >= 0.3 is 11.7 Å². The average molecular weight is 273 g/mol. The molecule has 1 N–H and O–H groups in total. The summed E-state index contributed by atoms with van der Waals surface area (Å²) in [5, 5.41) is 20.1. The van der Waals surface area contributed by atoms with Gasteiger partial charge in [-0.2, -0.15) is 0 Å². The Kier molecular flexibility index (Phi) is 3.65. The van der Waals surface area contributed by atoms with Gasteiger partial charge in [-0.05, 0) is 25.1 Å². The predicted octanol–water partition coefficient (Wildman–Crippen LogP) is 3.39. The summed E-state index contributed by atoms with van der Waals surface area (Å²) in [7, 11) is 0. The number of aryl methyl sites for hydroxylation is 1. The topological polar surface area (TPSA) is 89.7 Å². The summed E-state index contributed by atoms with van der Waals surface area (Å²) < 4.78 is 5.42. The van der Waals surface area contributed by atoms with Crippen molar-refractivity contribution in [3.8, 4) is 11.5 Å². The molecule has 0 bridgehead atoms. The van der Waals surface area contributed by atoms with Gasteiger partial charge in [0.15, 0.2) is 0 Å². The minimum Gasteiger partial charge on any atom is -0.478 e. The molecule has 0 spiro atoms. The molecule has 0 unspecified atom stereocenters. The maximum Gasteiger partial charge on any atom is 0.339 e. The van der Waals surface area contributed by atoms with Gasteiger partial charge in [0.25, 0.3) is 0 Å². The Labute approximate surface area is 114 Å². The summed E-state index contributed by atoms with van der Waals surface area (Å²) in [6.07, 6.45) is 0. The molecular formula is C14H11NO5. The first-order valence-corrected chi connectivity index (χ1v) is 5.75. The zero-order valence-corrected chi connectivity index (χ0v) is 10.6. The quantitative estimate of drug-likeness (QED) is 0.681. The summed E-state index contributed by atoms with van der Waals surface area (Å²) in [4.78, 5) is 21.6. The number of benzene rings is 2. The monoisotopic (exact) mass is 273 g/mol. The molecule has 0 amide bonds. The van der Waals surface area contributed by atoms with Gasteiger partial charge in [-0.25, -0.2) is 4.79 Å². The van der Waals surface area contributed by atoms with E-state index in [2.05, 4.69) is 0 Å². The standard InChI is InChI=1S/C14H11NO5/c1-9-5-4-8-12(13(9)15(18)19)20-11-7-3-2-6-10(11)14(16)17/h2-8H,1H3,(H,16,17). The fourth-order valence-electron chi connectivity index (χ4n) is 1.80. The van der Waals surface area contributed by atoms with Crippen molar-refractivity contribution >= 4 is 11.7 Å². The number of nitrogens with zero attached hydrogens (tertiary/aromatic N) is 1. The third-order valence-corrected chi connectivity index (χ3v) is 2.72. The number of carbonyl (C=O) groups is 1. The second-order valence-corrected chi connectivity index (χ2v) is 4.08. The van der Waals surface area contributed by atoms with Crippen LogP contribution in [0.2, 0.25) is 0 Å². The molecular weight excluding hydrogens is 262 g/mol. The Bertz CT molecular complexity index is 681. The van der Waals surface area contributed by atoms with E-state index in [1.54, 1.807) is 31.2 Å². The Morgan fingerprint density at radius 2 is 1.80 bits per heavy atom. The zero-order valence-electron chi connectivity index (χ0n) is 10.6. The molecule has 2 aromatic carbocycles. The molecule has 2 aromatic rings. The average Bonchev–Trinajstić information content (AvgIpc) is 2.38. The molecule has 0 radical (unpaired) electrons. The number of rotatable bonds is 4. The van der Waals surface area contributed by atoms with E-state index in [0.29, 0.717) is 5.56 Å². The van der Waals surface area contributed by atoms with Crippen LogP contribution >= 0.6 is 0 Å². The van der Waals surface area contributed by atoms with Gasteiger partial charge in [0, 0.05) is 5.56 Å². The minimum atomic E-state index is -1.16. The Hall–Kier alpha value is -2.89. The van der Waals surface area contributed by atoms with Crippen LogP contribution in [0.3, 0.4) is 0 Å². The van der Waals surface area contributed by atoms with Gasteiger partial charge in [-0.3, -0.25) is 10.1 Å². The summed E-state index contributed by atoms with van der Waals surface area (Å²) in [6.45, 7) is 1.59. The Morgan fingerprint density at radius 1 is 1.15 bits per heavy atom. The summed E-state index contributed by atoms with van der Waals surface area (Å²) in [5.74, 6) is -1.08. The lowest BCUT2D eigenvalue weighted by molar-refractivity contribution is -0.386. The van der Waals surface area contributed by atoms with Crippen LogP contribution in [-0.2, 0) is 0 Å². The lowest BCUT2D eigenvalue weighted by Gasteiger charge is -2.09. The molecule has 2 rings (SSSR count). The van der Waals surface area contributed by atoms with Crippen LogP contribution in [0.15, 0.2) is 42.5 Å². The molecule has 0 heterocycles. The highest BCUT2D eigenvalue weighted by Crippen LogP contribution is 2.35. The van der Waals surface area contributed by atoms with Crippen LogP contribution in [0, 0.1) is 17.0 Å². The summed E-state index contributed by atoms with van der Waals surface area (Å²) >= 11 is 0. The van der Waals surface area contributed by atoms with Gasteiger partial charge in [0.1, 0.15) is 11.3 Å². The van der Waals surface area contributed by atoms with Crippen molar-refractivity contribution < 1.29 is 19.6 Å². The molecule has 6 nitrogen and oxygen atoms in total. The number of ether oxygens (including phenoxy) is 1. The van der Waals surface area contributed by atoms with Crippen LogP contribution in [0.4, 0.5) is 5.69 Å². The van der Waals surface area contributed by atoms with Crippen molar-refractivity contribution in [2.24, 2.45) is 0 Å². The van der Waals surface area contributed by atoms with E-state index in [1.807, 2.05) is 0 Å². The molecule has 0 atom stereocenters. The van der Waals surface area contributed by atoms with Gasteiger partial charge in [-0.1, -0.05) is 24.3 Å². The third kappa shape index (κ3) is 2.59. The van der Waals surface area contributed by atoms with E-state index in [1.165, 1.54) is 18.2 Å². The number of hydrogen-bond acceptors (Lipinski definition) is 4. The van der Waals surface area contributed by atoms with Crippen LogP contribution in [0.25, 0.3) is 0 Å². The lowest BCUT2D eigenvalue weighted by Crippen LogP contribution is -2.01. The van der Waals surface area contributed by atoms with E-state index >= 15 is 0 Å². The number of nitro groups is 1. The molecule has 102 valence electrons. The van der Waals surface area contributed by atoms with Gasteiger partial charge in [-0.15, -0.1) is 0 Å². The lowest BCUT2D eigenvalue weighted by atomic mass is 10.1. The van der Waals surface area contributed by atoms with Gasteiger partial charge in [0.2, 0.25) is 5.75 Å². The van der Waals surface area contributed by atoms with E-state index in [0.717, 1.165) is 0 Å². The van der Waals surface area contributed by atoms with Crippen LogP contribution in [-0.4, -0.2) is 16.0 Å². The van der Waals surface area contributed by atoms with Crippen molar-refractivity contribution in [1.82, 2.24) is 0 Å². The highest BCUT2D eigenvalue weighted by Gasteiger charge is 2.20. The number of aromatic carboxylic acids is 1. The number of carboxylic acid groups (broad SMARTS) is 1. The molecule has 6 heteroatoms. The molecule has 0 saturated heterocycles. The maximum atomic E-state index is 11.1. The maximum absolute atomic E-state index is 11.1. The summed E-state index contributed by atoms with van der Waals surface area (Å²) in [5.41, 5.74) is 0.219. The third-order valence-electron chi connectivity index (χ3n) is 2.72. The van der Waals surface area contributed by atoms with Crippen molar-refractivity contribution in [1.29, 1.82) is 0 Å². The zero-order chi connectivity index (χ0) is 14.7. The molecule has 0 aliphatic carbocycles. The molecule has 0 aliphatic rings. The number of hydrogen-bond donors (Lipinski definition) is 1. The predicted molar refractivity (Wildman–Crippen MR) is 71.3 cm³/mol. The second kappa shape index (κ2) is 5.40. The Balaban J connectivity index is 2.49. The van der Waals surface area contributed by atoms with Crippen LogP contribution in [0.5, 0.6) is 11.5 Å². The SMILES string of the molecule is Cc1cccc(Oc2ccccc2C(=O)O)c1[N+](=O)[O-]. The normalized spacial score (nSPS) is 10.1. The first-order chi connectivity index (χ1) is 9.50. The van der Waals surface area contributed by atoms with Crippen LogP contribution in [0.1, 0.15) is 15.9 Å².